The standard InChI is InChI=1S/C16H16FNO2/c1-11-7-8-13(17)14(9-11)18-16(19)10-20-15-6-4-3-5-12(15)2/h3-9H,10H2,1-2H3,(H,18,19). The van der Waals surface area contributed by atoms with Crippen molar-refractivity contribution in [3.8, 4) is 5.75 Å². The van der Waals surface area contributed by atoms with Crippen molar-refractivity contribution in [3.63, 3.8) is 0 Å². The molecule has 1 amide bonds. The third kappa shape index (κ3) is 3.57. The Hall–Kier alpha value is -2.36. The Labute approximate surface area is 117 Å². The summed E-state index contributed by atoms with van der Waals surface area (Å²) in [6.07, 6.45) is 0. The van der Waals surface area contributed by atoms with E-state index in [1.807, 2.05) is 32.0 Å². The van der Waals surface area contributed by atoms with Gasteiger partial charge in [-0.25, -0.2) is 4.39 Å². The fourth-order valence-electron chi connectivity index (χ4n) is 1.78. The number of benzene rings is 2. The van der Waals surface area contributed by atoms with Gasteiger partial charge in [-0.15, -0.1) is 0 Å². The molecule has 104 valence electrons. The van der Waals surface area contributed by atoms with Crippen LogP contribution in [0.3, 0.4) is 0 Å². The van der Waals surface area contributed by atoms with Crippen LogP contribution in [0.15, 0.2) is 42.5 Å². The lowest BCUT2D eigenvalue weighted by molar-refractivity contribution is -0.118. The molecule has 0 fully saturated rings. The highest BCUT2D eigenvalue weighted by molar-refractivity contribution is 5.92. The lowest BCUT2D eigenvalue weighted by Gasteiger charge is -2.10. The summed E-state index contributed by atoms with van der Waals surface area (Å²) in [5.41, 5.74) is 1.99. The first-order valence-corrected chi connectivity index (χ1v) is 6.30. The lowest BCUT2D eigenvalue weighted by Crippen LogP contribution is -2.21. The molecule has 0 aliphatic rings. The third-order valence-electron chi connectivity index (χ3n) is 2.85. The van der Waals surface area contributed by atoms with Crippen molar-refractivity contribution in [1.82, 2.24) is 0 Å². The van der Waals surface area contributed by atoms with Crippen molar-refractivity contribution in [2.45, 2.75) is 13.8 Å². The first-order valence-electron chi connectivity index (χ1n) is 6.30. The minimum atomic E-state index is -0.458. The SMILES string of the molecule is Cc1ccc(F)c(NC(=O)COc2ccccc2C)c1. The van der Waals surface area contributed by atoms with Crippen LogP contribution in [-0.2, 0) is 4.79 Å². The van der Waals surface area contributed by atoms with Crippen molar-refractivity contribution in [3.05, 3.63) is 59.4 Å². The van der Waals surface area contributed by atoms with Crippen LogP contribution >= 0.6 is 0 Å². The number of rotatable bonds is 4. The quantitative estimate of drug-likeness (QED) is 0.926. The molecule has 3 nitrogen and oxygen atoms in total. The smallest absolute Gasteiger partial charge is 0.262 e. The predicted molar refractivity (Wildman–Crippen MR) is 76.4 cm³/mol. The second-order valence-corrected chi connectivity index (χ2v) is 4.59. The van der Waals surface area contributed by atoms with Gasteiger partial charge in [0.2, 0.25) is 0 Å². The van der Waals surface area contributed by atoms with Gasteiger partial charge in [0.1, 0.15) is 11.6 Å². The molecule has 4 heteroatoms. The van der Waals surface area contributed by atoms with E-state index >= 15 is 0 Å². The van der Waals surface area contributed by atoms with E-state index in [4.69, 9.17) is 4.74 Å². The molecule has 0 heterocycles. The predicted octanol–water partition coefficient (Wildman–Crippen LogP) is 3.46. The average Bonchev–Trinajstić information content (AvgIpc) is 2.42. The number of carbonyl (C=O) groups is 1. The van der Waals surface area contributed by atoms with Crippen LogP contribution in [0.5, 0.6) is 5.75 Å². The summed E-state index contributed by atoms with van der Waals surface area (Å²) in [4.78, 5) is 11.8. The van der Waals surface area contributed by atoms with Crippen LogP contribution in [0.25, 0.3) is 0 Å². The fraction of sp³-hybridized carbons (Fsp3) is 0.188. The van der Waals surface area contributed by atoms with Gasteiger partial charge >= 0.3 is 0 Å². The van der Waals surface area contributed by atoms with E-state index in [0.29, 0.717) is 5.75 Å². The summed E-state index contributed by atoms with van der Waals surface area (Å²) in [5.74, 6) is -0.204. The lowest BCUT2D eigenvalue weighted by atomic mass is 10.2. The van der Waals surface area contributed by atoms with Gasteiger partial charge in [-0.2, -0.15) is 0 Å². The van der Waals surface area contributed by atoms with Crippen LogP contribution in [-0.4, -0.2) is 12.5 Å². The molecule has 1 N–H and O–H groups in total. The number of amides is 1. The summed E-state index contributed by atoms with van der Waals surface area (Å²) < 4.78 is 18.9. The van der Waals surface area contributed by atoms with Crippen molar-refractivity contribution < 1.29 is 13.9 Å². The molecular formula is C16H16FNO2. The number of aryl methyl sites for hydroxylation is 2. The number of hydrogen-bond acceptors (Lipinski definition) is 2. The molecule has 0 saturated carbocycles. The van der Waals surface area contributed by atoms with Gasteiger partial charge in [-0.05, 0) is 43.2 Å². The van der Waals surface area contributed by atoms with Crippen LogP contribution in [0.2, 0.25) is 0 Å². The zero-order chi connectivity index (χ0) is 14.5. The van der Waals surface area contributed by atoms with E-state index in [1.54, 1.807) is 18.2 Å². The molecule has 0 radical (unpaired) electrons. The van der Waals surface area contributed by atoms with Crippen LogP contribution in [0.4, 0.5) is 10.1 Å². The second kappa shape index (κ2) is 6.19. The Morgan fingerprint density at radius 2 is 1.95 bits per heavy atom. The van der Waals surface area contributed by atoms with E-state index < -0.39 is 11.7 Å². The van der Waals surface area contributed by atoms with Crippen molar-refractivity contribution in [2.75, 3.05) is 11.9 Å². The Kier molecular flexibility index (Phi) is 4.35. The summed E-state index contributed by atoms with van der Waals surface area (Å²) in [6, 6.07) is 12.0. The largest absolute Gasteiger partial charge is 0.483 e. The van der Waals surface area contributed by atoms with Crippen molar-refractivity contribution in [1.29, 1.82) is 0 Å². The van der Waals surface area contributed by atoms with Gasteiger partial charge in [0.15, 0.2) is 6.61 Å². The second-order valence-electron chi connectivity index (χ2n) is 4.59. The summed E-state index contributed by atoms with van der Waals surface area (Å²) in [7, 11) is 0. The molecular weight excluding hydrogens is 257 g/mol. The maximum atomic E-state index is 13.5. The molecule has 2 rings (SSSR count). The zero-order valence-electron chi connectivity index (χ0n) is 11.4. The molecule has 2 aromatic carbocycles. The summed E-state index contributed by atoms with van der Waals surface area (Å²) >= 11 is 0. The van der Waals surface area contributed by atoms with Gasteiger partial charge in [0.05, 0.1) is 5.69 Å². The fourth-order valence-corrected chi connectivity index (χ4v) is 1.78. The number of anilines is 1. The first kappa shape index (κ1) is 14.1. The minimum absolute atomic E-state index is 0.155. The molecule has 0 atom stereocenters. The van der Waals surface area contributed by atoms with Gasteiger partial charge < -0.3 is 10.1 Å². The van der Waals surface area contributed by atoms with Crippen LogP contribution < -0.4 is 10.1 Å². The molecule has 0 saturated heterocycles. The molecule has 0 aromatic heterocycles. The van der Waals surface area contributed by atoms with E-state index in [2.05, 4.69) is 5.32 Å². The van der Waals surface area contributed by atoms with Crippen molar-refractivity contribution in [2.24, 2.45) is 0 Å². The maximum absolute atomic E-state index is 13.5. The van der Waals surface area contributed by atoms with Gasteiger partial charge in [0, 0.05) is 0 Å². The van der Waals surface area contributed by atoms with Crippen LogP contribution in [0, 0.1) is 19.7 Å². The van der Waals surface area contributed by atoms with Gasteiger partial charge in [-0.1, -0.05) is 24.3 Å². The highest BCUT2D eigenvalue weighted by atomic mass is 19.1. The zero-order valence-corrected chi connectivity index (χ0v) is 11.4. The normalized spacial score (nSPS) is 10.2. The molecule has 0 aliphatic heterocycles. The van der Waals surface area contributed by atoms with E-state index in [9.17, 15) is 9.18 Å². The molecule has 0 aliphatic carbocycles. The van der Waals surface area contributed by atoms with E-state index in [0.717, 1.165) is 11.1 Å². The van der Waals surface area contributed by atoms with E-state index in [1.165, 1.54) is 6.07 Å². The highest BCUT2D eigenvalue weighted by Gasteiger charge is 2.08. The molecule has 0 spiro atoms. The summed E-state index contributed by atoms with van der Waals surface area (Å²) in [5, 5.41) is 2.50. The highest BCUT2D eigenvalue weighted by Crippen LogP contribution is 2.17. The first-order chi connectivity index (χ1) is 9.56. The number of halogens is 1. The molecule has 0 bridgehead atoms. The molecule has 0 unspecified atom stereocenters. The Morgan fingerprint density at radius 1 is 1.20 bits per heavy atom. The third-order valence-corrected chi connectivity index (χ3v) is 2.85. The maximum Gasteiger partial charge on any atom is 0.262 e. The topological polar surface area (TPSA) is 38.3 Å². The minimum Gasteiger partial charge on any atom is -0.483 e. The number of para-hydroxylation sites is 1. The number of hydrogen-bond donors (Lipinski definition) is 1. The average molecular weight is 273 g/mol. The molecule has 2 aromatic rings. The Morgan fingerprint density at radius 3 is 2.70 bits per heavy atom. The van der Waals surface area contributed by atoms with E-state index in [-0.39, 0.29) is 12.3 Å². The van der Waals surface area contributed by atoms with Crippen molar-refractivity contribution >= 4 is 11.6 Å². The van der Waals surface area contributed by atoms with Gasteiger partial charge in [-0.3, -0.25) is 4.79 Å². The number of nitrogens with one attached hydrogen (secondary N) is 1. The van der Waals surface area contributed by atoms with Gasteiger partial charge in [0.25, 0.3) is 5.91 Å². The Balaban J connectivity index is 1.96. The van der Waals surface area contributed by atoms with Crippen LogP contribution in [0.1, 0.15) is 11.1 Å². The number of carbonyl (C=O) groups excluding carboxylic acids is 1. The Bertz CT molecular complexity index is 626. The monoisotopic (exact) mass is 273 g/mol. The number of ether oxygens (including phenoxy) is 1. The summed E-state index contributed by atoms with van der Waals surface area (Å²) in [6.45, 7) is 3.57. The molecule has 20 heavy (non-hydrogen) atoms.